The Morgan fingerprint density at radius 1 is 0.947 bits per heavy atom. The van der Waals surface area contributed by atoms with Crippen LogP contribution in [0.5, 0.6) is 0 Å². The first kappa shape index (κ1) is 12.2. The summed E-state index contributed by atoms with van der Waals surface area (Å²) in [7, 11) is 0. The fourth-order valence-corrected chi connectivity index (χ4v) is 2.54. The van der Waals surface area contributed by atoms with E-state index in [9.17, 15) is 0 Å². The van der Waals surface area contributed by atoms with E-state index in [0.717, 1.165) is 32.4 Å². The highest BCUT2D eigenvalue weighted by Gasteiger charge is 2.18. The number of aryl methyl sites for hydroxylation is 1. The number of nitrogens with zero attached hydrogens (tertiary/aromatic N) is 1. The molecule has 0 radical (unpaired) electrons. The summed E-state index contributed by atoms with van der Waals surface area (Å²) < 4.78 is 0. The van der Waals surface area contributed by atoms with Gasteiger partial charge in [-0.2, -0.15) is 0 Å². The van der Waals surface area contributed by atoms with Crippen molar-refractivity contribution < 1.29 is 4.84 Å². The van der Waals surface area contributed by atoms with Crippen molar-refractivity contribution in [2.45, 2.75) is 19.3 Å². The summed E-state index contributed by atoms with van der Waals surface area (Å²) in [5.41, 5.74) is 4.01. The lowest BCUT2D eigenvalue weighted by atomic mass is 10.1. The Kier molecular flexibility index (Phi) is 3.80. The molecule has 3 rings (SSSR count). The minimum absolute atomic E-state index is 0.781. The van der Waals surface area contributed by atoms with Crippen molar-refractivity contribution in [1.29, 1.82) is 0 Å². The molecule has 2 aromatic rings. The molecule has 0 saturated carbocycles. The standard InChI is InChI=1S/C17H19NO/c1-2-7-15(8-3-1)9-6-14-19-18-13-12-16-10-4-5-11-17(16)18/h1-5,7-8,10-11H,6,9,12-14H2. The normalized spacial score (nSPS) is 13.6. The van der Waals surface area contributed by atoms with Gasteiger partial charge in [0.2, 0.25) is 0 Å². The third-order valence-electron chi connectivity index (χ3n) is 3.54. The van der Waals surface area contributed by atoms with Gasteiger partial charge in [0.05, 0.1) is 12.3 Å². The number of hydroxylamine groups is 1. The Labute approximate surface area is 114 Å². The molecule has 0 aromatic heterocycles. The van der Waals surface area contributed by atoms with Crippen LogP contribution in [-0.4, -0.2) is 13.2 Å². The molecule has 0 bridgehead atoms. The van der Waals surface area contributed by atoms with E-state index in [2.05, 4.69) is 54.6 Å². The Morgan fingerprint density at radius 3 is 2.63 bits per heavy atom. The van der Waals surface area contributed by atoms with Crippen molar-refractivity contribution in [2.24, 2.45) is 0 Å². The molecule has 0 unspecified atom stereocenters. The molecule has 2 aromatic carbocycles. The van der Waals surface area contributed by atoms with Crippen molar-refractivity contribution in [3.05, 3.63) is 65.7 Å². The maximum Gasteiger partial charge on any atom is 0.0751 e. The van der Waals surface area contributed by atoms with Gasteiger partial charge >= 0.3 is 0 Å². The van der Waals surface area contributed by atoms with Crippen molar-refractivity contribution in [1.82, 2.24) is 0 Å². The summed E-state index contributed by atoms with van der Waals surface area (Å²) in [6, 6.07) is 19.1. The number of benzene rings is 2. The Bertz CT molecular complexity index is 524. The first-order chi connectivity index (χ1) is 9.43. The predicted molar refractivity (Wildman–Crippen MR) is 78.2 cm³/mol. The van der Waals surface area contributed by atoms with E-state index in [1.165, 1.54) is 16.8 Å². The van der Waals surface area contributed by atoms with Crippen molar-refractivity contribution in [3.63, 3.8) is 0 Å². The molecule has 0 aliphatic carbocycles. The third-order valence-corrected chi connectivity index (χ3v) is 3.54. The molecule has 0 spiro atoms. The number of rotatable bonds is 5. The zero-order chi connectivity index (χ0) is 12.9. The topological polar surface area (TPSA) is 12.5 Å². The molecule has 0 fully saturated rings. The van der Waals surface area contributed by atoms with Crippen LogP contribution < -0.4 is 5.06 Å². The van der Waals surface area contributed by atoms with Gasteiger partial charge in [0.25, 0.3) is 0 Å². The van der Waals surface area contributed by atoms with Gasteiger partial charge in [-0.25, -0.2) is 0 Å². The summed E-state index contributed by atoms with van der Waals surface area (Å²) in [4.78, 5) is 5.88. The summed E-state index contributed by atoms with van der Waals surface area (Å²) in [5, 5.41) is 2.04. The van der Waals surface area contributed by atoms with Crippen LogP contribution in [0, 0.1) is 0 Å². The van der Waals surface area contributed by atoms with Gasteiger partial charge in [-0.05, 0) is 36.5 Å². The van der Waals surface area contributed by atoms with Crippen LogP contribution in [-0.2, 0) is 17.7 Å². The Balaban J connectivity index is 1.47. The lowest BCUT2D eigenvalue weighted by Crippen LogP contribution is -2.21. The highest BCUT2D eigenvalue weighted by Crippen LogP contribution is 2.27. The van der Waals surface area contributed by atoms with Crippen LogP contribution in [0.3, 0.4) is 0 Å². The molecule has 2 heteroatoms. The van der Waals surface area contributed by atoms with Crippen molar-refractivity contribution in [2.75, 3.05) is 18.2 Å². The summed E-state index contributed by atoms with van der Waals surface area (Å²) in [6.45, 7) is 1.76. The van der Waals surface area contributed by atoms with E-state index in [4.69, 9.17) is 4.84 Å². The van der Waals surface area contributed by atoms with Gasteiger partial charge in [0.1, 0.15) is 0 Å². The number of hydrogen-bond donors (Lipinski definition) is 0. The van der Waals surface area contributed by atoms with Crippen LogP contribution in [0.4, 0.5) is 5.69 Å². The van der Waals surface area contributed by atoms with Gasteiger partial charge in [-0.15, -0.1) is 0 Å². The van der Waals surface area contributed by atoms with E-state index in [1.807, 2.05) is 5.06 Å². The molecular formula is C17H19NO. The SMILES string of the molecule is c1ccc(CCCON2CCc3ccccc32)cc1. The molecular weight excluding hydrogens is 234 g/mol. The minimum atomic E-state index is 0.781. The minimum Gasteiger partial charge on any atom is -0.273 e. The summed E-state index contributed by atoms with van der Waals surface area (Å²) >= 11 is 0. The second kappa shape index (κ2) is 5.89. The van der Waals surface area contributed by atoms with E-state index in [-0.39, 0.29) is 0 Å². The lowest BCUT2D eigenvalue weighted by molar-refractivity contribution is 0.111. The van der Waals surface area contributed by atoms with Crippen LogP contribution in [0.15, 0.2) is 54.6 Å². The van der Waals surface area contributed by atoms with E-state index in [1.54, 1.807) is 0 Å². The molecule has 1 aliphatic heterocycles. The largest absolute Gasteiger partial charge is 0.273 e. The van der Waals surface area contributed by atoms with Crippen LogP contribution in [0.2, 0.25) is 0 Å². The Morgan fingerprint density at radius 2 is 1.74 bits per heavy atom. The summed E-state index contributed by atoms with van der Waals surface area (Å²) in [6.07, 6.45) is 3.23. The van der Waals surface area contributed by atoms with Crippen LogP contribution >= 0.6 is 0 Å². The maximum atomic E-state index is 5.88. The number of hydrogen-bond acceptors (Lipinski definition) is 2. The number of fused-ring (bicyclic) bond motifs is 1. The number of para-hydroxylation sites is 1. The molecule has 0 N–H and O–H groups in total. The van der Waals surface area contributed by atoms with Crippen LogP contribution in [0.25, 0.3) is 0 Å². The molecule has 98 valence electrons. The average molecular weight is 253 g/mol. The third kappa shape index (κ3) is 2.96. The van der Waals surface area contributed by atoms with Crippen LogP contribution in [0.1, 0.15) is 17.5 Å². The fraction of sp³-hybridized carbons (Fsp3) is 0.294. The molecule has 0 saturated heterocycles. The monoisotopic (exact) mass is 253 g/mol. The van der Waals surface area contributed by atoms with Crippen molar-refractivity contribution >= 4 is 5.69 Å². The second-order valence-corrected chi connectivity index (χ2v) is 4.90. The average Bonchev–Trinajstić information content (AvgIpc) is 2.88. The number of anilines is 1. The molecule has 0 atom stereocenters. The zero-order valence-electron chi connectivity index (χ0n) is 11.1. The lowest BCUT2D eigenvalue weighted by Gasteiger charge is -2.18. The quantitative estimate of drug-likeness (QED) is 0.755. The van der Waals surface area contributed by atoms with Gasteiger partial charge in [-0.1, -0.05) is 48.5 Å². The van der Waals surface area contributed by atoms with Gasteiger partial charge < -0.3 is 0 Å². The van der Waals surface area contributed by atoms with E-state index in [0.29, 0.717) is 0 Å². The zero-order valence-corrected chi connectivity index (χ0v) is 11.1. The smallest absolute Gasteiger partial charge is 0.0751 e. The fourth-order valence-electron chi connectivity index (χ4n) is 2.54. The van der Waals surface area contributed by atoms with Gasteiger partial charge in [-0.3, -0.25) is 9.90 Å². The highest BCUT2D eigenvalue weighted by atomic mass is 16.7. The van der Waals surface area contributed by atoms with E-state index < -0.39 is 0 Å². The molecule has 2 nitrogen and oxygen atoms in total. The second-order valence-electron chi connectivity index (χ2n) is 4.90. The van der Waals surface area contributed by atoms with Gasteiger partial charge in [0, 0.05) is 6.54 Å². The predicted octanol–water partition coefficient (Wildman–Crippen LogP) is 3.61. The van der Waals surface area contributed by atoms with E-state index >= 15 is 0 Å². The first-order valence-corrected chi connectivity index (χ1v) is 6.96. The van der Waals surface area contributed by atoms with Crippen molar-refractivity contribution in [3.8, 4) is 0 Å². The molecule has 19 heavy (non-hydrogen) atoms. The van der Waals surface area contributed by atoms with Gasteiger partial charge in [0.15, 0.2) is 0 Å². The summed E-state index contributed by atoms with van der Waals surface area (Å²) in [5.74, 6) is 0. The molecule has 1 heterocycles. The highest BCUT2D eigenvalue weighted by molar-refractivity contribution is 5.55. The Hall–Kier alpha value is -1.80. The molecule has 0 amide bonds. The maximum absolute atomic E-state index is 5.88. The first-order valence-electron chi connectivity index (χ1n) is 6.96. The molecule has 1 aliphatic rings.